The Kier molecular flexibility index (Phi) is 3.01. The third-order valence-electron chi connectivity index (χ3n) is 3.04. The lowest BCUT2D eigenvalue weighted by molar-refractivity contribution is 0.462. The zero-order valence-electron chi connectivity index (χ0n) is 10.1. The predicted molar refractivity (Wildman–Crippen MR) is 66.6 cm³/mol. The number of nitrogens with zero attached hydrogens (tertiary/aromatic N) is 1. The zero-order chi connectivity index (χ0) is 12.3. The molecule has 0 spiro atoms. The maximum Gasteiger partial charge on any atom is 0.105 e. The van der Waals surface area contributed by atoms with E-state index in [4.69, 9.17) is 4.42 Å². The van der Waals surface area contributed by atoms with Gasteiger partial charge in [0.1, 0.15) is 5.76 Å². The molecule has 2 aromatic rings. The van der Waals surface area contributed by atoms with Crippen LogP contribution in [0, 0.1) is 18.3 Å². The van der Waals surface area contributed by atoms with Gasteiger partial charge in [-0.1, -0.05) is 29.8 Å². The minimum atomic E-state index is -0.536. The molecule has 0 saturated carbocycles. The highest BCUT2D eigenvalue weighted by Gasteiger charge is 2.27. The van der Waals surface area contributed by atoms with E-state index in [9.17, 15) is 5.26 Å². The molecule has 0 aliphatic heterocycles. The number of rotatable bonds is 3. The molecule has 2 rings (SSSR count). The Morgan fingerprint density at radius 3 is 2.47 bits per heavy atom. The summed E-state index contributed by atoms with van der Waals surface area (Å²) < 4.78 is 5.33. The standard InChI is InChI=1S/C15H15NO/c1-12-5-7-13(8-6-12)15(2,11-16)10-14-4-3-9-17-14/h3-9H,10H2,1-2H3. The number of nitriles is 1. The van der Waals surface area contributed by atoms with Crippen molar-refractivity contribution in [3.8, 4) is 6.07 Å². The van der Waals surface area contributed by atoms with Crippen LogP contribution in [0.25, 0.3) is 0 Å². The molecule has 2 heteroatoms. The van der Waals surface area contributed by atoms with Gasteiger partial charge < -0.3 is 4.42 Å². The Bertz CT molecular complexity index is 519. The highest BCUT2D eigenvalue weighted by atomic mass is 16.3. The second kappa shape index (κ2) is 4.47. The lowest BCUT2D eigenvalue weighted by Crippen LogP contribution is -2.22. The Morgan fingerprint density at radius 1 is 1.24 bits per heavy atom. The van der Waals surface area contributed by atoms with Crippen molar-refractivity contribution in [3.63, 3.8) is 0 Å². The van der Waals surface area contributed by atoms with Crippen LogP contribution >= 0.6 is 0 Å². The van der Waals surface area contributed by atoms with Gasteiger partial charge >= 0.3 is 0 Å². The number of aryl methyl sites for hydroxylation is 1. The van der Waals surface area contributed by atoms with Gasteiger partial charge in [-0.2, -0.15) is 5.26 Å². The molecule has 1 unspecified atom stereocenters. The summed E-state index contributed by atoms with van der Waals surface area (Å²) in [5, 5.41) is 9.42. The van der Waals surface area contributed by atoms with Crippen molar-refractivity contribution in [1.29, 1.82) is 5.26 Å². The van der Waals surface area contributed by atoms with E-state index in [-0.39, 0.29) is 0 Å². The van der Waals surface area contributed by atoms with Gasteiger partial charge in [0.2, 0.25) is 0 Å². The van der Waals surface area contributed by atoms with Crippen LogP contribution in [-0.4, -0.2) is 0 Å². The van der Waals surface area contributed by atoms with Crippen LogP contribution in [0.5, 0.6) is 0 Å². The smallest absolute Gasteiger partial charge is 0.105 e. The van der Waals surface area contributed by atoms with E-state index in [2.05, 4.69) is 6.07 Å². The maximum absolute atomic E-state index is 9.42. The van der Waals surface area contributed by atoms with Crippen LogP contribution in [-0.2, 0) is 11.8 Å². The van der Waals surface area contributed by atoms with Gasteiger partial charge in [0.05, 0.1) is 17.7 Å². The molecule has 2 nitrogen and oxygen atoms in total. The minimum absolute atomic E-state index is 0.536. The molecule has 1 heterocycles. The fourth-order valence-corrected chi connectivity index (χ4v) is 1.89. The molecule has 1 aromatic heterocycles. The first kappa shape index (κ1) is 11.5. The molecule has 0 fully saturated rings. The van der Waals surface area contributed by atoms with Gasteiger partial charge in [-0.3, -0.25) is 0 Å². The monoisotopic (exact) mass is 225 g/mol. The largest absolute Gasteiger partial charge is 0.469 e. The number of hydrogen-bond acceptors (Lipinski definition) is 2. The molecule has 17 heavy (non-hydrogen) atoms. The van der Waals surface area contributed by atoms with Crippen LogP contribution < -0.4 is 0 Å². The van der Waals surface area contributed by atoms with E-state index < -0.39 is 5.41 Å². The summed E-state index contributed by atoms with van der Waals surface area (Å²) >= 11 is 0. The molecule has 0 bridgehead atoms. The number of furan rings is 1. The first-order chi connectivity index (χ1) is 8.14. The molecule has 86 valence electrons. The zero-order valence-corrected chi connectivity index (χ0v) is 10.1. The number of hydrogen-bond donors (Lipinski definition) is 0. The summed E-state index contributed by atoms with van der Waals surface area (Å²) in [5.74, 6) is 0.842. The molecular weight excluding hydrogens is 210 g/mol. The maximum atomic E-state index is 9.42. The van der Waals surface area contributed by atoms with E-state index in [0.29, 0.717) is 6.42 Å². The van der Waals surface area contributed by atoms with Gasteiger partial charge in [0.25, 0.3) is 0 Å². The van der Waals surface area contributed by atoms with Gasteiger partial charge in [0, 0.05) is 6.42 Å². The Hall–Kier alpha value is -2.01. The highest BCUT2D eigenvalue weighted by Crippen LogP contribution is 2.27. The van der Waals surface area contributed by atoms with Crippen molar-refractivity contribution in [2.24, 2.45) is 0 Å². The molecule has 1 aromatic carbocycles. The summed E-state index contributed by atoms with van der Waals surface area (Å²) in [7, 11) is 0. The molecule has 0 radical (unpaired) electrons. The normalized spacial score (nSPS) is 13.9. The van der Waals surface area contributed by atoms with Crippen molar-refractivity contribution in [2.45, 2.75) is 25.7 Å². The fourth-order valence-electron chi connectivity index (χ4n) is 1.89. The van der Waals surface area contributed by atoms with Crippen molar-refractivity contribution in [1.82, 2.24) is 0 Å². The lowest BCUT2D eigenvalue weighted by Gasteiger charge is -2.21. The molecule has 0 aliphatic rings. The first-order valence-electron chi connectivity index (χ1n) is 5.65. The van der Waals surface area contributed by atoms with E-state index >= 15 is 0 Å². The van der Waals surface area contributed by atoms with Gasteiger partial charge in [-0.05, 0) is 31.5 Å². The third-order valence-corrected chi connectivity index (χ3v) is 3.04. The van der Waals surface area contributed by atoms with Crippen LogP contribution in [0.4, 0.5) is 0 Å². The average molecular weight is 225 g/mol. The van der Waals surface area contributed by atoms with Gasteiger partial charge in [-0.15, -0.1) is 0 Å². The summed E-state index contributed by atoms with van der Waals surface area (Å²) in [4.78, 5) is 0. The third kappa shape index (κ3) is 2.39. The summed E-state index contributed by atoms with van der Waals surface area (Å²) in [6.45, 7) is 3.99. The average Bonchev–Trinajstić information content (AvgIpc) is 2.82. The summed E-state index contributed by atoms with van der Waals surface area (Å²) in [5.41, 5.74) is 1.69. The second-order valence-electron chi connectivity index (χ2n) is 4.57. The molecule has 0 amide bonds. The van der Waals surface area contributed by atoms with E-state index in [0.717, 1.165) is 11.3 Å². The van der Waals surface area contributed by atoms with Crippen molar-refractivity contribution >= 4 is 0 Å². The summed E-state index contributed by atoms with van der Waals surface area (Å²) in [6.07, 6.45) is 2.24. The summed E-state index contributed by atoms with van der Waals surface area (Å²) in [6, 6.07) is 14.2. The van der Waals surface area contributed by atoms with Crippen LogP contribution in [0.15, 0.2) is 47.1 Å². The first-order valence-corrected chi connectivity index (χ1v) is 5.65. The Morgan fingerprint density at radius 2 is 1.94 bits per heavy atom. The Balaban J connectivity index is 2.31. The van der Waals surface area contributed by atoms with Crippen molar-refractivity contribution < 1.29 is 4.42 Å². The molecule has 1 atom stereocenters. The molecule has 0 aliphatic carbocycles. The minimum Gasteiger partial charge on any atom is -0.469 e. The predicted octanol–water partition coefficient (Wildman–Crippen LogP) is 3.61. The van der Waals surface area contributed by atoms with E-state index in [1.807, 2.05) is 50.2 Å². The highest BCUT2D eigenvalue weighted by molar-refractivity contribution is 5.34. The van der Waals surface area contributed by atoms with Crippen LogP contribution in [0.3, 0.4) is 0 Å². The van der Waals surface area contributed by atoms with Crippen LogP contribution in [0.2, 0.25) is 0 Å². The van der Waals surface area contributed by atoms with Gasteiger partial charge in [0.15, 0.2) is 0 Å². The molecule has 0 saturated heterocycles. The van der Waals surface area contributed by atoms with Gasteiger partial charge in [-0.25, -0.2) is 0 Å². The van der Waals surface area contributed by atoms with Crippen LogP contribution in [0.1, 0.15) is 23.8 Å². The topological polar surface area (TPSA) is 36.9 Å². The van der Waals surface area contributed by atoms with Crippen molar-refractivity contribution in [2.75, 3.05) is 0 Å². The lowest BCUT2D eigenvalue weighted by atomic mass is 9.80. The number of benzene rings is 1. The fraction of sp³-hybridized carbons (Fsp3) is 0.267. The second-order valence-corrected chi connectivity index (χ2v) is 4.57. The quantitative estimate of drug-likeness (QED) is 0.800. The van der Waals surface area contributed by atoms with Crippen molar-refractivity contribution in [3.05, 3.63) is 59.5 Å². The Labute approximate surface area is 102 Å². The SMILES string of the molecule is Cc1ccc(C(C)(C#N)Cc2ccco2)cc1. The molecular formula is C15H15NO. The molecule has 0 N–H and O–H groups in total. The van der Waals surface area contributed by atoms with E-state index in [1.165, 1.54) is 5.56 Å². The van der Waals surface area contributed by atoms with E-state index in [1.54, 1.807) is 6.26 Å².